The summed E-state index contributed by atoms with van der Waals surface area (Å²) in [5.74, 6) is -0.732. The molecule has 0 radical (unpaired) electrons. The molecule has 7 nitrogen and oxygen atoms in total. The Kier molecular flexibility index (Phi) is 5.58. The van der Waals surface area contributed by atoms with Crippen LogP contribution in [0, 0.1) is 0 Å². The molecule has 1 aromatic rings. The van der Waals surface area contributed by atoms with E-state index in [2.05, 4.69) is 5.32 Å². The van der Waals surface area contributed by atoms with Gasteiger partial charge in [0.15, 0.2) is 5.79 Å². The van der Waals surface area contributed by atoms with Gasteiger partial charge in [-0.05, 0) is 25.8 Å². The Morgan fingerprint density at radius 1 is 1.28 bits per heavy atom. The lowest BCUT2D eigenvalue weighted by atomic mass is 10.2. The fourth-order valence-corrected chi connectivity index (χ4v) is 3.36. The summed E-state index contributed by atoms with van der Waals surface area (Å²) < 4.78 is 22.8. The number of nitrogens with one attached hydrogen (secondary N) is 1. The summed E-state index contributed by atoms with van der Waals surface area (Å²) in [4.78, 5) is 12.1. The number of alkyl carbamates (subject to hydrolysis) is 1. The maximum Gasteiger partial charge on any atom is 0.407 e. The molecular formula is C18H25NO6. The Balaban J connectivity index is 1.56. The molecule has 1 amide bonds. The van der Waals surface area contributed by atoms with Gasteiger partial charge in [-0.25, -0.2) is 4.79 Å². The number of fused-ring (bicyclic) bond motifs is 1. The lowest BCUT2D eigenvalue weighted by molar-refractivity contribution is -0.169. The maximum atomic E-state index is 12.1. The van der Waals surface area contributed by atoms with Gasteiger partial charge in [0.1, 0.15) is 18.8 Å². The molecule has 2 aliphatic rings. The fraction of sp³-hybridized carbons (Fsp3) is 0.611. The Hall–Kier alpha value is -1.67. The third-order valence-corrected chi connectivity index (χ3v) is 4.35. The first-order valence-electron chi connectivity index (χ1n) is 8.54. The zero-order valence-corrected chi connectivity index (χ0v) is 14.5. The topological polar surface area (TPSA) is 86.3 Å². The Labute approximate surface area is 147 Å². The predicted molar refractivity (Wildman–Crippen MR) is 88.8 cm³/mol. The van der Waals surface area contributed by atoms with Crippen LogP contribution < -0.4 is 5.32 Å². The van der Waals surface area contributed by atoms with E-state index in [4.69, 9.17) is 24.1 Å². The molecule has 4 atom stereocenters. The van der Waals surface area contributed by atoms with Gasteiger partial charge < -0.3 is 29.4 Å². The van der Waals surface area contributed by atoms with Gasteiger partial charge in [0.25, 0.3) is 0 Å². The Morgan fingerprint density at radius 2 is 2.00 bits per heavy atom. The minimum Gasteiger partial charge on any atom is -0.445 e. The molecule has 0 aromatic heterocycles. The summed E-state index contributed by atoms with van der Waals surface area (Å²) >= 11 is 0. The average molecular weight is 351 g/mol. The minimum absolute atomic E-state index is 0.0602. The van der Waals surface area contributed by atoms with E-state index in [0.29, 0.717) is 6.42 Å². The fourth-order valence-electron chi connectivity index (χ4n) is 3.36. The van der Waals surface area contributed by atoms with Crippen molar-refractivity contribution in [3.63, 3.8) is 0 Å². The van der Waals surface area contributed by atoms with Crippen molar-refractivity contribution in [1.82, 2.24) is 5.32 Å². The summed E-state index contributed by atoms with van der Waals surface area (Å²) in [5, 5.41) is 11.8. The first-order valence-corrected chi connectivity index (χ1v) is 8.54. The minimum atomic E-state index is -0.732. The number of hydrogen-bond donors (Lipinski definition) is 2. The van der Waals surface area contributed by atoms with Crippen LogP contribution in [-0.4, -0.2) is 54.6 Å². The van der Waals surface area contributed by atoms with Crippen LogP contribution in [0.4, 0.5) is 4.79 Å². The van der Waals surface area contributed by atoms with Crippen LogP contribution in [0.25, 0.3) is 0 Å². The van der Waals surface area contributed by atoms with E-state index in [9.17, 15) is 4.79 Å². The number of carbonyl (C=O) groups is 1. The molecule has 1 aromatic carbocycles. The van der Waals surface area contributed by atoms with Crippen LogP contribution in [-0.2, 0) is 25.6 Å². The number of benzene rings is 1. The molecule has 7 heteroatoms. The number of carbonyl (C=O) groups excluding carboxylic acids is 1. The molecule has 138 valence electrons. The predicted octanol–water partition coefficient (Wildman–Crippen LogP) is 1.58. The van der Waals surface area contributed by atoms with Crippen molar-refractivity contribution in [3.8, 4) is 0 Å². The molecule has 2 N–H and O–H groups in total. The highest BCUT2D eigenvalue weighted by atomic mass is 16.8. The number of aliphatic hydroxyl groups is 1. The molecule has 2 fully saturated rings. The highest BCUT2D eigenvalue weighted by molar-refractivity contribution is 5.67. The van der Waals surface area contributed by atoms with Gasteiger partial charge in [0, 0.05) is 0 Å². The van der Waals surface area contributed by atoms with Gasteiger partial charge in [0.2, 0.25) is 0 Å². The van der Waals surface area contributed by atoms with Crippen molar-refractivity contribution >= 4 is 6.09 Å². The van der Waals surface area contributed by atoms with Gasteiger partial charge in [-0.3, -0.25) is 0 Å². The summed E-state index contributed by atoms with van der Waals surface area (Å²) in [6.07, 6.45) is -0.766. The molecule has 1 aliphatic heterocycles. The highest BCUT2D eigenvalue weighted by Crippen LogP contribution is 2.39. The van der Waals surface area contributed by atoms with Crippen molar-refractivity contribution in [2.45, 2.75) is 57.0 Å². The molecule has 1 aliphatic carbocycles. The number of aliphatic hydroxyl groups excluding tert-OH is 1. The van der Waals surface area contributed by atoms with Crippen LogP contribution in [0.15, 0.2) is 30.3 Å². The maximum absolute atomic E-state index is 12.1. The molecular weight excluding hydrogens is 326 g/mol. The summed E-state index contributed by atoms with van der Waals surface area (Å²) in [5.41, 5.74) is 0.924. The second-order valence-electron chi connectivity index (χ2n) is 6.75. The number of hydrogen-bond acceptors (Lipinski definition) is 6. The van der Waals surface area contributed by atoms with E-state index >= 15 is 0 Å². The van der Waals surface area contributed by atoms with Crippen molar-refractivity contribution in [2.24, 2.45) is 0 Å². The highest BCUT2D eigenvalue weighted by Gasteiger charge is 2.55. The van der Waals surface area contributed by atoms with Crippen molar-refractivity contribution in [2.75, 3.05) is 13.2 Å². The van der Waals surface area contributed by atoms with E-state index in [1.54, 1.807) is 0 Å². The molecule has 1 saturated carbocycles. The van der Waals surface area contributed by atoms with Gasteiger partial charge >= 0.3 is 6.09 Å². The van der Waals surface area contributed by atoms with Crippen LogP contribution >= 0.6 is 0 Å². The van der Waals surface area contributed by atoms with Crippen LogP contribution in [0.3, 0.4) is 0 Å². The zero-order valence-electron chi connectivity index (χ0n) is 14.5. The Morgan fingerprint density at radius 3 is 2.72 bits per heavy atom. The molecule has 1 saturated heterocycles. The average Bonchev–Trinajstić information content (AvgIpc) is 3.06. The van der Waals surface area contributed by atoms with Gasteiger partial charge in [-0.15, -0.1) is 0 Å². The van der Waals surface area contributed by atoms with Crippen molar-refractivity contribution in [1.29, 1.82) is 0 Å². The molecule has 1 unspecified atom stereocenters. The van der Waals surface area contributed by atoms with Gasteiger partial charge in [-0.2, -0.15) is 0 Å². The monoisotopic (exact) mass is 351 g/mol. The van der Waals surface area contributed by atoms with E-state index in [-0.39, 0.29) is 44.2 Å². The molecule has 3 rings (SSSR count). The van der Waals surface area contributed by atoms with Gasteiger partial charge in [0.05, 0.1) is 25.4 Å². The van der Waals surface area contributed by atoms with Gasteiger partial charge in [-0.1, -0.05) is 30.3 Å². The summed E-state index contributed by atoms with van der Waals surface area (Å²) in [6.45, 7) is 4.04. The summed E-state index contributed by atoms with van der Waals surface area (Å²) in [7, 11) is 0. The quantitative estimate of drug-likeness (QED) is 0.809. The molecule has 1 heterocycles. The van der Waals surface area contributed by atoms with E-state index in [1.165, 1.54) is 0 Å². The van der Waals surface area contributed by atoms with Crippen molar-refractivity contribution in [3.05, 3.63) is 35.9 Å². The lowest BCUT2D eigenvalue weighted by Crippen LogP contribution is -2.43. The first-order chi connectivity index (χ1) is 12.0. The third kappa shape index (κ3) is 4.49. The first kappa shape index (κ1) is 18.1. The van der Waals surface area contributed by atoms with E-state index in [0.717, 1.165) is 5.56 Å². The second kappa shape index (κ2) is 7.70. The summed E-state index contributed by atoms with van der Waals surface area (Å²) in [6, 6.07) is 9.23. The van der Waals surface area contributed by atoms with Crippen molar-refractivity contribution < 1.29 is 28.8 Å². The van der Waals surface area contributed by atoms with Crippen LogP contribution in [0.5, 0.6) is 0 Å². The normalized spacial score (nSPS) is 30.0. The SMILES string of the molecule is CC1(C)OC2[C@H](NC(=O)OCc3ccccc3)C[C@H](OCCO)[C@H]2O1. The number of ether oxygens (including phenoxy) is 4. The number of rotatable bonds is 6. The smallest absolute Gasteiger partial charge is 0.407 e. The van der Waals surface area contributed by atoms with Crippen LogP contribution in [0.2, 0.25) is 0 Å². The standard InChI is InChI=1S/C18H25NO6/c1-18(2)24-15-13(10-14(16(15)25-18)22-9-8-20)19-17(21)23-11-12-6-4-3-5-7-12/h3-7,13-16,20H,8-11H2,1-2H3,(H,19,21)/t13-,14+,15?,16-/m1/s1. The largest absolute Gasteiger partial charge is 0.445 e. The number of amides is 1. The van der Waals surface area contributed by atoms with E-state index in [1.807, 2.05) is 44.2 Å². The Bertz CT molecular complexity index is 578. The molecule has 0 bridgehead atoms. The third-order valence-electron chi connectivity index (χ3n) is 4.35. The van der Waals surface area contributed by atoms with E-state index < -0.39 is 11.9 Å². The molecule has 0 spiro atoms. The molecule has 25 heavy (non-hydrogen) atoms. The zero-order chi connectivity index (χ0) is 17.9. The van der Waals surface area contributed by atoms with Crippen LogP contribution in [0.1, 0.15) is 25.8 Å². The second-order valence-corrected chi connectivity index (χ2v) is 6.75. The lowest BCUT2D eigenvalue weighted by Gasteiger charge is -2.23.